The second-order valence-electron chi connectivity index (χ2n) is 7.13. The Bertz CT molecular complexity index is 693. The van der Waals surface area contributed by atoms with Gasteiger partial charge in [0.15, 0.2) is 0 Å². The van der Waals surface area contributed by atoms with Crippen molar-refractivity contribution in [2.75, 3.05) is 45.8 Å². The minimum Gasteiger partial charge on any atom is -0.369 e. The third-order valence-electron chi connectivity index (χ3n) is 5.36. The van der Waals surface area contributed by atoms with Crippen LogP contribution in [0.1, 0.15) is 23.2 Å². The lowest BCUT2D eigenvalue weighted by molar-refractivity contribution is -0.136. The minimum atomic E-state index is -0.366. The van der Waals surface area contributed by atoms with Crippen molar-refractivity contribution in [1.29, 1.82) is 0 Å². The Morgan fingerprint density at radius 1 is 0.926 bits per heavy atom. The molecule has 146 valence electrons. The number of likely N-dealkylation sites (tertiary alicyclic amines) is 1. The van der Waals surface area contributed by atoms with Crippen molar-refractivity contribution < 1.29 is 18.8 Å². The molecule has 0 bridgehead atoms. The average Bonchev–Trinajstić information content (AvgIpc) is 2.68. The first-order chi connectivity index (χ1) is 12.9. The van der Waals surface area contributed by atoms with Crippen molar-refractivity contribution in [2.45, 2.75) is 12.8 Å². The summed E-state index contributed by atoms with van der Waals surface area (Å²) in [6.45, 7) is 3.76. The van der Waals surface area contributed by atoms with Gasteiger partial charge in [-0.2, -0.15) is 0 Å². The van der Waals surface area contributed by atoms with E-state index in [9.17, 15) is 18.8 Å². The van der Waals surface area contributed by atoms with E-state index in [0.717, 1.165) is 0 Å². The number of piperazine rings is 1. The van der Waals surface area contributed by atoms with Crippen molar-refractivity contribution in [3.8, 4) is 0 Å². The van der Waals surface area contributed by atoms with Gasteiger partial charge in [0, 0.05) is 50.7 Å². The van der Waals surface area contributed by atoms with E-state index in [1.807, 2.05) is 4.90 Å². The lowest BCUT2D eigenvalue weighted by Crippen LogP contribution is -2.52. The normalized spacial score (nSPS) is 19.1. The molecule has 2 fully saturated rings. The standard InChI is InChI=1S/C19H25FN4O3/c20-16-3-1-15(2-4-16)19(27)24-11-9-22(10-12-24)13-17(25)23-7-5-14(6-8-23)18(21)26/h1-4,14H,5-13H2,(H2,21,26). The first kappa shape index (κ1) is 19.3. The van der Waals surface area contributed by atoms with Gasteiger partial charge in [0.05, 0.1) is 6.54 Å². The number of nitrogens with two attached hydrogens (primary N) is 1. The van der Waals surface area contributed by atoms with Crippen LogP contribution in [0.4, 0.5) is 4.39 Å². The van der Waals surface area contributed by atoms with E-state index >= 15 is 0 Å². The van der Waals surface area contributed by atoms with Gasteiger partial charge in [-0.15, -0.1) is 0 Å². The molecule has 27 heavy (non-hydrogen) atoms. The number of rotatable bonds is 4. The summed E-state index contributed by atoms with van der Waals surface area (Å²) in [7, 11) is 0. The molecule has 2 saturated heterocycles. The Balaban J connectivity index is 1.44. The number of piperidine rings is 1. The molecule has 0 radical (unpaired) electrons. The molecule has 1 aromatic rings. The van der Waals surface area contributed by atoms with Crippen LogP contribution >= 0.6 is 0 Å². The van der Waals surface area contributed by atoms with Gasteiger partial charge in [-0.05, 0) is 37.1 Å². The highest BCUT2D eigenvalue weighted by molar-refractivity contribution is 5.94. The third kappa shape index (κ3) is 4.82. The van der Waals surface area contributed by atoms with Gasteiger partial charge < -0.3 is 15.5 Å². The molecule has 3 rings (SSSR count). The Morgan fingerprint density at radius 2 is 1.52 bits per heavy atom. The van der Waals surface area contributed by atoms with Crippen molar-refractivity contribution in [2.24, 2.45) is 11.7 Å². The Hall–Kier alpha value is -2.48. The number of nitrogens with zero attached hydrogens (tertiary/aromatic N) is 3. The molecular weight excluding hydrogens is 351 g/mol. The number of primary amides is 1. The van der Waals surface area contributed by atoms with Crippen LogP contribution in [0.15, 0.2) is 24.3 Å². The first-order valence-electron chi connectivity index (χ1n) is 9.28. The van der Waals surface area contributed by atoms with Gasteiger partial charge in [-0.25, -0.2) is 4.39 Å². The van der Waals surface area contributed by atoms with Crippen LogP contribution < -0.4 is 5.73 Å². The lowest BCUT2D eigenvalue weighted by atomic mass is 9.96. The number of amides is 3. The summed E-state index contributed by atoms with van der Waals surface area (Å²) in [5.41, 5.74) is 5.79. The average molecular weight is 376 g/mol. The summed E-state index contributed by atoms with van der Waals surface area (Å²) in [5, 5.41) is 0. The maximum Gasteiger partial charge on any atom is 0.253 e. The SMILES string of the molecule is NC(=O)C1CCN(C(=O)CN2CCN(C(=O)c3ccc(F)cc3)CC2)CC1. The molecule has 0 unspecified atom stereocenters. The summed E-state index contributed by atoms with van der Waals surface area (Å²) in [6.07, 6.45) is 1.25. The minimum absolute atomic E-state index is 0.0521. The van der Waals surface area contributed by atoms with Crippen LogP contribution in [-0.4, -0.2) is 78.2 Å². The fraction of sp³-hybridized carbons (Fsp3) is 0.526. The Kier molecular flexibility index (Phi) is 6.05. The summed E-state index contributed by atoms with van der Waals surface area (Å²) in [5.74, 6) is -0.848. The van der Waals surface area contributed by atoms with Crippen LogP contribution in [0.3, 0.4) is 0 Å². The van der Waals surface area contributed by atoms with E-state index in [2.05, 4.69) is 0 Å². The predicted molar refractivity (Wildman–Crippen MR) is 97.2 cm³/mol. The molecule has 0 spiro atoms. The molecule has 1 aromatic carbocycles. The van der Waals surface area contributed by atoms with Crippen molar-refractivity contribution in [3.05, 3.63) is 35.6 Å². The highest BCUT2D eigenvalue weighted by Crippen LogP contribution is 2.17. The van der Waals surface area contributed by atoms with Crippen LogP contribution in [0.25, 0.3) is 0 Å². The zero-order chi connectivity index (χ0) is 19.4. The fourth-order valence-corrected chi connectivity index (χ4v) is 3.59. The Labute approximate surface area is 157 Å². The van der Waals surface area contributed by atoms with Gasteiger partial charge >= 0.3 is 0 Å². The summed E-state index contributed by atoms with van der Waals surface area (Å²) in [6, 6.07) is 5.54. The number of carbonyl (C=O) groups excluding carboxylic acids is 3. The molecule has 0 saturated carbocycles. The molecule has 2 aliphatic heterocycles. The molecule has 0 aliphatic carbocycles. The first-order valence-corrected chi connectivity index (χ1v) is 9.28. The molecule has 0 atom stereocenters. The highest BCUT2D eigenvalue weighted by atomic mass is 19.1. The summed E-state index contributed by atoms with van der Waals surface area (Å²) >= 11 is 0. The molecule has 2 N–H and O–H groups in total. The molecule has 2 heterocycles. The van der Waals surface area contributed by atoms with E-state index in [0.29, 0.717) is 64.2 Å². The van der Waals surface area contributed by atoms with Crippen LogP contribution in [0.2, 0.25) is 0 Å². The van der Waals surface area contributed by atoms with E-state index < -0.39 is 0 Å². The number of carbonyl (C=O) groups is 3. The lowest BCUT2D eigenvalue weighted by Gasteiger charge is -2.36. The van der Waals surface area contributed by atoms with Crippen molar-refractivity contribution in [3.63, 3.8) is 0 Å². The largest absolute Gasteiger partial charge is 0.369 e. The maximum absolute atomic E-state index is 13.0. The molecule has 2 aliphatic rings. The highest BCUT2D eigenvalue weighted by Gasteiger charge is 2.28. The van der Waals surface area contributed by atoms with Crippen LogP contribution in [-0.2, 0) is 9.59 Å². The fourth-order valence-electron chi connectivity index (χ4n) is 3.59. The maximum atomic E-state index is 13.0. The van der Waals surface area contributed by atoms with Crippen LogP contribution in [0.5, 0.6) is 0 Å². The van der Waals surface area contributed by atoms with Crippen molar-refractivity contribution in [1.82, 2.24) is 14.7 Å². The monoisotopic (exact) mass is 376 g/mol. The molecule has 8 heteroatoms. The third-order valence-corrected chi connectivity index (χ3v) is 5.36. The van der Waals surface area contributed by atoms with E-state index in [1.54, 1.807) is 9.80 Å². The predicted octanol–water partition coefficient (Wildman–Crippen LogP) is 0.307. The van der Waals surface area contributed by atoms with Gasteiger partial charge in [-0.1, -0.05) is 0 Å². The summed E-state index contributed by atoms with van der Waals surface area (Å²) in [4.78, 5) is 41.7. The second kappa shape index (κ2) is 8.47. The number of hydrogen-bond donors (Lipinski definition) is 1. The zero-order valence-electron chi connectivity index (χ0n) is 15.3. The summed E-state index contributed by atoms with van der Waals surface area (Å²) < 4.78 is 13.0. The quantitative estimate of drug-likeness (QED) is 0.819. The molecule has 7 nitrogen and oxygen atoms in total. The number of benzene rings is 1. The molecule has 3 amide bonds. The van der Waals surface area contributed by atoms with E-state index in [-0.39, 0.29) is 29.5 Å². The van der Waals surface area contributed by atoms with Gasteiger partial charge in [-0.3, -0.25) is 19.3 Å². The van der Waals surface area contributed by atoms with Gasteiger partial charge in [0.1, 0.15) is 5.82 Å². The van der Waals surface area contributed by atoms with E-state index in [1.165, 1.54) is 24.3 Å². The van der Waals surface area contributed by atoms with Crippen LogP contribution in [0, 0.1) is 11.7 Å². The van der Waals surface area contributed by atoms with Crippen molar-refractivity contribution >= 4 is 17.7 Å². The van der Waals surface area contributed by atoms with Gasteiger partial charge in [0.2, 0.25) is 11.8 Å². The molecule has 0 aromatic heterocycles. The number of halogens is 1. The zero-order valence-corrected chi connectivity index (χ0v) is 15.3. The van der Waals surface area contributed by atoms with Gasteiger partial charge in [0.25, 0.3) is 5.91 Å². The van der Waals surface area contributed by atoms with E-state index in [4.69, 9.17) is 5.73 Å². The second-order valence-corrected chi connectivity index (χ2v) is 7.13. The number of hydrogen-bond acceptors (Lipinski definition) is 4. The topological polar surface area (TPSA) is 86.9 Å². The smallest absolute Gasteiger partial charge is 0.253 e. The molecular formula is C19H25FN4O3. The Morgan fingerprint density at radius 3 is 2.07 bits per heavy atom.